The quantitative estimate of drug-likeness (QED) is 0.786. The van der Waals surface area contributed by atoms with E-state index < -0.39 is 0 Å². The number of benzene rings is 1. The first-order valence-electron chi connectivity index (χ1n) is 6.28. The Hall–Kier alpha value is -0.770. The molecule has 2 unspecified atom stereocenters. The fraction of sp³-hybridized carbons (Fsp3) is 0.500. The van der Waals surface area contributed by atoms with Gasteiger partial charge in [0.05, 0.1) is 18.1 Å². The summed E-state index contributed by atoms with van der Waals surface area (Å²) in [5.41, 5.74) is 1.46. The molecule has 1 aliphatic heterocycles. The summed E-state index contributed by atoms with van der Waals surface area (Å²) in [7, 11) is 0. The van der Waals surface area contributed by atoms with E-state index in [9.17, 15) is 4.79 Å². The number of amides is 1. The molecule has 1 aromatic carbocycles. The van der Waals surface area contributed by atoms with Crippen LogP contribution >= 0.6 is 23.2 Å². The highest BCUT2D eigenvalue weighted by Crippen LogP contribution is 2.22. The van der Waals surface area contributed by atoms with E-state index in [1.807, 2.05) is 13.8 Å². The second kappa shape index (κ2) is 6.12. The third-order valence-electron chi connectivity index (χ3n) is 3.28. The zero-order valence-corrected chi connectivity index (χ0v) is 12.5. The predicted molar refractivity (Wildman–Crippen MR) is 77.1 cm³/mol. The average Bonchev–Trinajstić information content (AvgIpc) is 2.40. The number of rotatable bonds is 2. The fourth-order valence-electron chi connectivity index (χ4n) is 2.31. The molecule has 5 heteroatoms. The number of nitrogens with zero attached hydrogens (tertiary/aromatic N) is 1. The number of carbonyl (C=O) groups excluding carboxylic acids is 1. The van der Waals surface area contributed by atoms with Crippen molar-refractivity contribution in [3.8, 4) is 0 Å². The molecular weight excluding hydrogens is 285 g/mol. The van der Waals surface area contributed by atoms with Crippen LogP contribution in [0.4, 0.5) is 0 Å². The zero-order valence-electron chi connectivity index (χ0n) is 11.0. The van der Waals surface area contributed by atoms with Gasteiger partial charge in [-0.2, -0.15) is 0 Å². The third-order valence-corrected chi connectivity index (χ3v) is 4.04. The lowest BCUT2D eigenvalue weighted by molar-refractivity contribution is -0.0570. The smallest absolute Gasteiger partial charge is 0.254 e. The van der Waals surface area contributed by atoms with Gasteiger partial charge in [-0.3, -0.25) is 4.79 Å². The van der Waals surface area contributed by atoms with Gasteiger partial charge in [0, 0.05) is 23.7 Å². The maximum Gasteiger partial charge on any atom is 0.254 e. The number of hydrogen-bond acceptors (Lipinski definition) is 2. The standard InChI is InChI=1S/C14H17Cl2NO2/c1-9-7-17(8-11(6-15)19-9)14(18)12-4-3-5-13(16)10(12)2/h3-5,9,11H,6-8H2,1-2H3. The summed E-state index contributed by atoms with van der Waals surface area (Å²) in [6.07, 6.45) is -0.102. The van der Waals surface area contributed by atoms with Crippen LogP contribution in [0.2, 0.25) is 5.02 Å². The lowest BCUT2D eigenvalue weighted by Gasteiger charge is -2.36. The van der Waals surface area contributed by atoms with Gasteiger partial charge in [0.1, 0.15) is 0 Å². The summed E-state index contributed by atoms with van der Waals surface area (Å²) in [6, 6.07) is 5.39. The average molecular weight is 302 g/mol. The fourth-order valence-corrected chi connectivity index (χ4v) is 2.65. The Labute approximate surface area is 123 Å². The molecule has 0 spiro atoms. The van der Waals surface area contributed by atoms with Gasteiger partial charge in [-0.1, -0.05) is 17.7 Å². The number of carbonyl (C=O) groups is 1. The normalized spacial score (nSPS) is 23.5. The minimum Gasteiger partial charge on any atom is -0.370 e. The van der Waals surface area contributed by atoms with Crippen LogP contribution in [-0.4, -0.2) is 42.0 Å². The molecule has 1 aromatic rings. The highest BCUT2D eigenvalue weighted by molar-refractivity contribution is 6.31. The van der Waals surface area contributed by atoms with Gasteiger partial charge in [-0.15, -0.1) is 11.6 Å². The van der Waals surface area contributed by atoms with Crippen LogP contribution in [0.5, 0.6) is 0 Å². The van der Waals surface area contributed by atoms with Crippen molar-refractivity contribution < 1.29 is 9.53 Å². The largest absolute Gasteiger partial charge is 0.370 e. The number of hydrogen-bond donors (Lipinski definition) is 0. The number of morpholine rings is 1. The molecule has 19 heavy (non-hydrogen) atoms. The molecule has 0 aromatic heterocycles. The molecule has 2 atom stereocenters. The number of ether oxygens (including phenoxy) is 1. The zero-order chi connectivity index (χ0) is 14.0. The van der Waals surface area contributed by atoms with Gasteiger partial charge < -0.3 is 9.64 Å². The van der Waals surface area contributed by atoms with Crippen LogP contribution in [0.25, 0.3) is 0 Å². The molecule has 1 fully saturated rings. The lowest BCUT2D eigenvalue weighted by Crippen LogP contribution is -2.49. The van der Waals surface area contributed by atoms with Crippen molar-refractivity contribution in [2.75, 3.05) is 19.0 Å². The molecular formula is C14H17Cl2NO2. The summed E-state index contributed by atoms with van der Waals surface area (Å²) < 4.78 is 5.65. The predicted octanol–water partition coefficient (Wildman–Crippen LogP) is 3.12. The Balaban J connectivity index is 2.21. The van der Waals surface area contributed by atoms with Crippen molar-refractivity contribution in [3.63, 3.8) is 0 Å². The molecule has 2 rings (SSSR count). The van der Waals surface area contributed by atoms with Crippen molar-refractivity contribution >= 4 is 29.1 Å². The lowest BCUT2D eigenvalue weighted by atomic mass is 10.1. The first-order chi connectivity index (χ1) is 9.02. The molecule has 1 heterocycles. The van der Waals surface area contributed by atoms with E-state index in [2.05, 4.69) is 0 Å². The van der Waals surface area contributed by atoms with Crippen molar-refractivity contribution in [3.05, 3.63) is 34.3 Å². The van der Waals surface area contributed by atoms with E-state index in [-0.39, 0.29) is 18.1 Å². The minimum absolute atomic E-state index is 0.000871. The maximum atomic E-state index is 12.5. The SMILES string of the molecule is Cc1c(Cl)cccc1C(=O)N1CC(C)OC(CCl)C1. The Kier molecular flexibility index (Phi) is 4.71. The molecule has 0 aliphatic carbocycles. The van der Waals surface area contributed by atoms with Crippen molar-refractivity contribution in [1.82, 2.24) is 4.90 Å². The van der Waals surface area contributed by atoms with Gasteiger partial charge in [0.25, 0.3) is 5.91 Å². The Morgan fingerprint density at radius 3 is 2.89 bits per heavy atom. The van der Waals surface area contributed by atoms with Gasteiger partial charge in [0.2, 0.25) is 0 Å². The topological polar surface area (TPSA) is 29.5 Å². The van der Waals surface area contributed by atoms with Crippen LogP contribution in [0.3, 0.4) is 0 Å². The summed E-state index contributed by atoms with van der Waals surface area (Å²) in [5, 5.41) is 0.612. The monoisotopic (exact) mass is 301 g/mol. The van der Waals surface area contributed by atoms with Crippen molar-refractivity contribution in [1.29, 1.82) is 0 Å². The minimum atomic E-state index is -0.103. The van der Waals surface area contributed by atoms with Gasteiger partial charge >= 0.3 is 0 Å². The van der Waals surface area contributed by atoms with E-state index in [0.29, 0.717) is 29.6 Å². The maximum absolute atomic E-state index is 12.5. The van der Waals surface area contributed by atoms with Gasteiger partial charge in [0.15, 0.2) is 0 Å². The van der Waals surface area contributed by atoms with Crippen LogP contribution < -0.4 is 0 Å². The number of alkyl halides is 1. The van der Waals surface area contributed by atoms with E-state index in [1.165, 1.54) is 0 Å². The van der Waals surface area contributed by atoms with Gasteiger partial charge in [-0.05, 0) is 31.5 Å². The van der Waals surface area contributed by atoms with Gasteiger partial charge in [-0.25, -0.2) is 0 Å². The summed E-state index contributed by atoms with van der Waals surface area (Å²) in [5.74, 6) is 0.383. The van der Waals surface area contributed by atoms with Crippen molar-refractivity contribution in [2.45, 2.75) is 26.1 Å². The van der Waals surface area contributed by atoms with E-state index in [4.69, 9.17) is 27.9 Å². The van der Waals surface area contributed by atoms with Crippen LogP contribution in [-0.2, 0) is 4.74 Å². The van der Waals surface area contributed by atoms with Crippen LogP contribution in [0, 0.1) is 6.92 Å². The molecule has 1 aliphatic rings. The van der Waals surface area contributed by atoms with Crippen LogP contribution in [0.15, 0.2) is 18.2 Å². The van der Waals surface area contributed by atoms with Crippen molar-refractivity contribution in [2.24, 2.45) is 0 Å². The molecule has 104 valence electrons. The number of halogens is 2. The summed E-state index contributed by atoms with van der Waals surface area (Å²) >= 11 is 11.9. The Morgan fingerprint density at radius 2 is 2.21 bits per heavy atom. The second-order valence-corrected chi connectivity index (χ2v) is 5.56. The Morgan fingerprint density at radius 1 is 1.47 bits per heavy atom. The molecule has 0 saturated carbocycles. The molecule has 1 amide bonds. The highest BCUT2D eigenvalue weighted by atomic mass is 35.5. The summed E-state index contributed by atoms with van der Waals surface area (Å²) in [6.45, 7) is 4.92. The van der Waals surface area contributed by atoms with E-state index in [0.717, 1.165) is 5.56 Å². The molecule has 0 N–H and O–H groups in total. The third kappa shape index (κ3) is 3.22. The molecule has 0 bridgehead atoms. The molecule has 0 radical (unpaired) electrons. The van der Waals surface area contributed by atoms with E-state index >= 15 is 0 Å². The summed E-state index contributed by atoms with van der Waals surface area (Å²) in [4.78, 5) is 14.3. The molecule has 1 saturated heterocycles. The second-order valence-electron chi connectivity index (χ2n) is 4.85. The van der Waals surface area contributed by atoms with E-state index in [1.54, 1.807) is 23.1 Å². The first-order valence-corrected chi connectivity index (χ1v) is 7.20. The highest BCUT2D eigenvalue weighted by Gasteiger charge is 2.29. The Bertz CT molecular complexity index is 479. The molecule has 3 nitrogen and oxygen atoms in total. The van der Waals surface area contributed by atoms with Crippen LogP contribution in [0.1, 0.15) is 22.8 Å². The first kappa shape index (κ1) is 14.6.